The predicted octanol–water partition coefficient (Wildman–Crippen LogP) is 3.20. The van der Waals surface area contributed by atoms with E-state index in [4.69, 9.17) is 10.5 Å². The summed E-state index contributed by atoms with van der Waals surface area (Å²) < 4.78 is 4.85. The zero-order valence-corrected chi connectivity index (χ0v) is 11.0. The molecule has 0 fully saturated rings. The summed E-state index contributed by atoms with van der Waals surface area (Å²) >= 11 is 0. The lowest BCUT2D eigenvalue weighted by Crippen LogP contribution is -2.02. The van der Waals surface area contributed by atoms with Crippen molar-refractivity contribution in [2.24, 2.45) is 0 Å². The van der Waals surface area contributed by atoms with Gasteiger partial charge < -0.3 is 15.5 Å². The molecule has 2 aromatic carbocycles. The van der Waals surface area contributed by atoms with E-state index in [-0.39, 0.29) is 5.97 Å². The molecule has 0 aliphatic carbocycles. The van der Waals surface area contributed by atoms with Crippen molar-refractivity contribution in [1.29, 1.82) is 0 Å². The zero-order valence-electron chi connectivity index (χ0n) is 11.0. The van der Waals surface area contributed by atoms with Gasteiger partial charge in [-0.2, -0.15) is 0 Å². The molecule has 3 rings (SSSR count). The van der Waals surface area contributed by atoms with Gasteiger partial charge in [-0.3, -0.25) is 0 Å². The first-order valence-corrected chi connectivity index (χ1v) is 6.25. The van der Waals surface area contributed by atoms with Crippen LogP contribution in [0.3, 0.4) is 0 Å². The highest BCUT2D eigenvalue weighted by atomic mass is 16.5. The number of aromatic nitrogens is 1. The van der Waals surface area contributed by atoms with Gasteiger partial charge in [-0.05, 0) is 29.8 Å². The van der Waals surface area contributed by atoms with E-state index in [0.29, 0.717) is 11.3 Å². The molecule has 4 heteroatoms. The second kappa shape index (κ2) is 4.74. The van der Waals surface area contributed by atoms with Crippen molar-refractivity contribution in [3.05, 3.63) is 54.2 Å². The Morgan fingerprint density at radius 1 is 1.20 bits per heavy atom. The van der Waals surface area contributed by atoms with Crippen molar-refractivity contribution in [3.63, 3.8) is 0 Å². The summed E-state index contributed by atoms with van der Waals surface area (Å²) in [5.74, 6) is -0.356. The molecule has 1 aromatic heterocycles. The average Bonchev–Trinajstić information content (AvgIpc) is 2.94. The van der Waals surface area contributed by atoms with Crippen molar-refractivity contribution >= 4 is 22.6 Å². The number of hydrogen-bond acceptors (Lipinski definition) is 3. The van der Waals surface area contributed by atoms with Gasteiger partial charge in [0.05, 0.1) is 12.7 Å². The molecule has 0 saturated heterocycles. The number of anilines is 1. The number of nitrogens with one attached hydrogen (secondary N) is 1. The van der Waals surface area contributed by atoms with Gasteiger partial charge >= 0.3 is 5.97 Å². The van der Waals surface area contributed by atoms with Gasteiger partial charge in [-0.1, -0.05) is 18.2 Å². The molecule has 3 aromatic rings. The summed E-state index contributed by atoms with van der Waals surface area (Å²) in [6.07, 6.45) is 1.80. The number of rotatable bonds is 2. The number of aromatic amines is 1. The van der Waals surface area contributed by atoms with Gasteiger partial charge in [0.2, 0.25) is 0 Å². The molecule has 0 bridgehead atoms. The maximum atomic E-state index is 11.9. The van der Waals surface area contributed by atoms with Crippen LogP contribution >= 0.6 is 0 Å². The Morgan fingerprint density at radius 3 is 2.75 bits per heavy atom. The number of carbonyl (C=O) groups excluding carboxylic acids is 1. The number of ether oxygens (including phenoxy) is 1. The predicted molar refractivity (Wildman–Crippen MR) is 79.5 cm³/mol. The molecular weight excluding hydrogens is 252 g/mol. The average molecular weight is 266 g/mol. The van der Waals surface area contributed by atoms with Crippen LogP contribution in [0.1, 0.15) is 10.4 Å². The number of carbonyl (C=O) groups is 1. The first-order valence-electron chi connectivity index (χ1n) is 6.25. The first kappa shape index (κ1) is 12.3. The molecule has 0 radical (unpaired) electrons. The van der Waals surface area contributed by atoms with E-state index in [1.807, 2.05) is 42.5 Å². The minimum Gasteiger partial charge on any atom is -0.465 e. The highest BCUT2D eigenvalue weighted by molar-refractivity contribution is 6.06. The van der Waals surface area contributed by atoms with Crippen molar-refractivity contribution in [2.75, 3.05) is 12.8 Å². The lowest BCUT2D eigenvalue weighted by Gasteiger charge is -2.09. The number of nitrogens with two attached hydrogens (primary N) is 1. The smallest absolute Gasteiger partial charge is 0.338 e. The number of hydrogen-bond donors (Lipinski definition) is 2. The van der Waals surface area contributed by atoms with E-state index >= 15 is 0 Å². The topological polar surface area (TPSA) is 68.1 Å². The molecule has 4 nitrogen and oxygen atoms in total. The maximum Gasteiger partial charge on any atom is 0.338 e. The first-order chi connectivity index (χ1) is 9.70. The molecule has 0 amide bonds. The molecule has 0 spiro atoms. The molecular formula is C16H14N2O2. The van der Waals surface area contributed by atoms with Crippen LogP contribution in [0.4, 0.5) is 5.69 Å². The fourth-order valence-electron chi connectivity index (χ4n) is 2.36. The molecule has 100 valence electrons. The Hall–Kier alpha value is -2.75. The van der Waals surface area contributed by atoms with E-state index in [9.17, 15) is 4.79 Å². The van der Waals surface area contributed by atoms with Crippen molar-refractivity contribution in [2.45, 2.75) is 0 Å². The third-order valence-electron chi connectivity index (χ3n) is 3.35. The van der Waals surface area contributed by atoms with Crippen LogP contribution in [0.2, 0.25) is 0 Å². The van der Waals surface area contributed by atoms with Crippen LogP contribution in [0, 0.1) is 0 Å². The highest BCUT2D eigenvalue weighted by Crippen LogP contribution is 2.30. The molecule has 0 atom stereocenters. The van der Waals surface area contributed by atoms with Crippen LogP contribution in [0.5, 0.6) is 0 Å². The highest BCUT2D eigenvalue weighted by Gasteiger charge is 2.14. The van der Waals surface area contributed by atoms with Gasteiger partial charge in [0.25, 0.3) is 0 Å². The zero-order chi connectivity index (χ0) is 14.1. The molecule has 0 aliphatic rings. The van der Waals surface area contributed by atoms with Crippen LogP contribution in [-0.4, -0.2) is 18.1 Å². The fraction of sp³-hybridized carbons (Fsp3) is 0.0625. The Balaban J connectivity index is 2.28. The summed E-state index contributed by atoms with van der Waals surface area (Å²) in [6, 6.07) is 13.2. The SMILES string of the molecule is COC(=O)c1cc(-c2ccccc2N)cc2[nH]ccc12. The van der Waals surface area contributed by atoms with Crippen LogP contribution < -0.4 is 5.73 Å². The Labute approximate surface area is 116 Å². The molecule has 20 heavy (non-hydrogen) atoms. The number of methoxy groups -OCH3 is 1. The molecule has 1 heterocycles. The number of esters is 1. The summed E-state index contributed by atoms with van der Waals surface area (Å²) in [5.41, 5.74) is 9.88. The number of para-hydroxylation sites is 1. The van der Waals surface area contributed by atoms with Gasteiger partial charge in [0.1, 0.15) is 0 Å². The molecule has 0 saturated carbocycles. The minimum atomic E-state index is -0.356. The van der Waals surface area contributed by atoms with Gasteiger partial charge in [-0.25, -0.2) is 4.79 Å². The van der Waals surface area contributed by atoms with Crippen molar-refractivity contribution in [3.8, 4) is 11.1 Å². The second-order valence-electron chi connectivity index (χ2n) is 4.54. The number of benzene rings is 2. The van der Waals surface area contributed by atoms with E-state index < -0.39 is 0 Å². The summed E-state index contributed by atoms with van der Waals surface area (Å²) in [5, 5.41) is 0.843. The second-order valence-corrected chi connectivity index (χ2v) is 4.54. The Bertz CT molecular complexity index is 790. The monoisotopic (exact) mass is 266 g/mol. The third kappa shape index (κ3) is 1.91. The molecule has 0 aliphatic heterocycles. The quantitative estimate of drug-likeness (QED) is 0.553. The Kier molecular flexibility index (Phi) is 2.91. The fourth-order valence-corrected chi connectivity index (χ4v) is 2.36. The van der Waals surface area contributed by atoms with Crippen LogP contribution in [0.15, 0.2) is 48.7 Å². The van der Waals surface area contributed by atoms with E-state index in [1.54, 1.807) is 6.20 Å². The van der Waals surface area contributed by atoms with E-state index in [1.165, 1.54) is 7.11 Å². The van der Waals surface area contributed by atoms with Crippen molar-refractivity contribution < 1.29 is 9.53 Å². The molecule has 3 N–H and O–H groups in total. The Morgan fingerprint density at radius 2 is 2.00 bits per heavy atom. The van der Waals surface area contributed by atoms with Gasteiger partial charge in [0.15, 0.2) is 0 Å². The van der Waals surface area contributed by atoms with Crippen molar-refractivity contribution in [1.82, 2.24) is 4.98 Å². The lowest BCUT2D eigenvalue weighted by atomic mass is 9.99. The standard InChI is InChI=1S/C16H14N2O2/c1-20-16(19)13-8-10(9-15-12(13)6-7-18-15)11-4-2-3-5-14(11)17/h2-9,18H,17H2,1H3. The summed E-state index contributed by atoms with van der Waals surface area (Å²) in [4.78, 5) is 15.0. The number of H-pyrrole nitrogens is 1. The summed E-state index contributed by atoms with van der Waals surface area (Å²) in [7, 11) is 1.38. The summed E-state index contributed by atoms with van der Waals surface area (Å²) in [6.45, 7) is 0. The minimum absolute atomic E-state index is 0.356. The van der Waals surface area contributed by atoms with Gasteiger partial charge in [-0.15, -0.1) is 0 Å². The number of nitrogen functional groups attached to an aromatic ring is 1. The van der Waals surface area contributed by atoms with Crippen LogP contribution in [0.25, 0.3) is 22.0 Å². The van der Waals surface area contributed by atoms with Gasteiger partial charge in [0, 0.05) is 28.4 Å². The van der Waals surface area contributed by atoms with Crippen LogP contribution in [-0.2, 0) is 4.74 Å². The normalized spacial score (nSPS) is 10.7. The number of fused-ring (bicyclic) bond motifs is 1. The van der Waals surface area contributed by atoms with E-state index in [0.717, 1.165) is 22.0 Å². The third-order valence-corrected chi connectivity index (χ3v) is 3.35. The van der Waals surface area contributed by atoms with E-state index in [2.05, 4.69) is 4.98 Å². The largest absolute Gasteiger partial charge is 0.465 e. The molecule has 0 unspecified atom stereocenters. The maximum absolute atomic E-state index is 11.9. The lowest BCUT2D eigenvalue weighted by molar-refractivity contribution is 0.0603.